The molecule has 0 aromatic carbocycles. The van der Waals surface area contributed by atoms with Crippen LogP contribution in [0.4, 0.5) is 0 Å². The van der Waals surface area contributed by atoms with Crippen molar-refractivity contribution in [2.24, 2.45) is 5.92 Å². The molecule has 4 heteroatoms. The molecule has 1 heterocycles. The molecule has 2 N–H and O–H groups in total. The fourth-order valence-electron chi connectivity index (χ4n) is 1.98. The zero-order valence-electron chi connectivity index (χ0n) is 9.46. The molecule has 0 spiro atoms. The Morgan fingerprint density at radius 2 is 2.20 bits per heavy atom. The van der Waals surface area contributed by atoms with E-state index < -0.39 is 0 Å². The van der Waals surface area contributed by atoms with E-state index in [0.29, 0.717) is 0 Å². The summed E-state index contributed by atoms with van der Waals surface area (Å²) in [5.41, 5.74) is 0. The van der Waals surface area contributed by atoms with Crippen LogP contribution in [0.15, 0.2) is 0 Å². The maximum Gasteiger partial charge on any atom is 0.225 e. The molecule has 1 saturated heterocycles. The first-order valence-corrected chi connectivity index (χ1v) is 6.03. The Kier molecular flexibility index (Phi) is 3.59. The highest BCUT2D eigenvalue weighted by atomic mass is 16.2. The molecule has 1 saturated carbocycles. The lowest BCUT2D eigenvalue weighted by Crippen LogP contribution is -2.51. The third-order valence-electron chi connectivity index (χ3n) is 3.32. The molecule has 0 unspecified atom stereocenters. The monoisotopic (exact) mass is 211 g/mol. The van der Waals surface area contributed by atoms with Crippen LogP contribution in [0.2, 0.25) is 0 Å². The number of likely N-dealkylation sites (N-methyl/N-ethyl adjacent to an activating group) is 1. The molecule has 4 nitrogen and oxygen atoms in total. The Morgan fingerprint density at radius 3 is 2.67 bits per heavy atom. The first-order valence-electron chi connectivity index (χ1n) is 6.03. The van der Waals surface area contributed by atoms with Gasteiger partial charge in [0.25, 0.3) is 0 Å². The third-order valence-corrected chi connectivity index (χ3v) is 3.32. The topological polar surface area (TPSA) is 44.4 Å². The van der Waals surface area contributed by atoms with Crippen molar-refractivity contribution in [2.45, 2.75) is 25.8 Å². The van der Waals surface area contributed by atoms with Crippen LogP contribution in [0.5, 0.6) is 0 Å². The van der Waals surface area contributed by atoms with E-state index in [9.17, 15) is 4.79 Å². The molecule has 0 radical (unpaired) electrons. The zero-order chi connectivity index (χ0) is 10.7. The van der Waals surface area contributed by atoms with Crippen LogP contribution in [-0.4, -0.2) is 49.6 Å². The van der Waals surface area contributed by atoms with Crippen LogP contribution < -0.4 is 10.6 Å². The molecule has 86 valence electrons. The highest BCUT2D eigenvalue weighted by Crippen LogP contribution is 2.25. The Hall–Kier alpha value is -0.610. The van der Waals surface area contributed by atoms with Crippen LogP contribution in [0.1, 0.15) is 19.8 Å². The largest absolute Gasteiger partial charge is 0.354 e. The normalized spacial score (nSPS) is 21.5. The molecule has 1 aliphatic heterocycles. The van der Waals surface area contributed by atoms with Gasteiger partial charge in [-0.2, -0.15) is 0 Å². The van der Waals surface area contributed by atoms with Gasteiger partial charge in [0, 0.05) is 32.2 Å². The smallest absolute Gasteiger partial charge is 0.225 e. The van der Waals surface area contributed by atoms with E-state index >= 15 is 0 Å². The number of carbonyl (C=O) groups excluding carboxylic acids is 1. The van der Waals surface area contributed by atoms with E-state index in [2.05, 4.69) is 22.5 Å². The van der Waals surface area contributed by atoms with Crippen LogP contribution in [0, 0.1) is 5.92 Å². The second kappa shape index (κ2) is 4.94. The summed E-state index contributed by atoms with van der Waals surface area (Å²) in [6, 6.07) is 0.803. The maximum atomic E-state index is 11.5. The van der Waals surface area contributed by atoms with Crippen LogP contribution >= 0.6 is 0 Å². The van der Waals surface area contributed by atoms with Gasteiger partial charge in [-0.25, -0.2) is 0 Å². The minimum Gasteiger partial charge on any atom is -0.354 e. The summed E-state index contributed by atoms with van der Waals surface area (Å²) in [5.74, 6) is 0.446. The van der Waals surface area contributed by atoms with Crippen LogP contribution in [0.3, 0.4) is 0 Å². The number of rotatable bonds is 6. The lowest BCUT2D eigenvalue weighted by atomic mass is 10.0. The summed E-state index contributed by atoms with van der Waals surface area (Å²) in [4.78, 5) is 14.0. The number of amides is 1. The molecule has 0 aromatic rings. The minimum atomic E-state index is 0.223. The van der Waals surface area contributed by atoms with Gasteiger partial charge in [-0.3, -0.25) is 9.69 Å². The standard InChI is InChI=1S/C11H21N3O/c1-2-14(10-3-4-10)6-5-13-11(15)9-7-12-8-9/h9-10,12H,2-8H2,1H3,(H,13,15). The molecular weight excluding hydrogens is 190 g/mol. The predicted molar refractivity (Wildman–Crippen MR) is 59.6 cm³/mol. The quantitative estimate of drug-likeness (QED) is 0.640. The Balaban J connectivity index is 1.58. The molecule has 15 heavy (non-hydrogen) atoms. The Bertz CT molecular complexity index is 224. The molecule has 0 aromatic heterocycles. The summed E-state index contributed by atoms with van der Waals surface area (Å²) in [5, 5.41) is 6.12. The fraction of sp³-hybridized carbons (Fsp3) is 0.909. The molecule has 1 aliphatic carbocycles. The fourth-order valence-corrected chi connectivity index (χ4v) is 1.98. The second-order valence-corrected chi connectivity index (χ2v) is 4.51. The molecular formula is C11H21N3O. The molecule has 1 amide bonds. The predicted octanol–water partition coefficient (Wildman–Crippen LogP) is -0.194. The molecule has 2 rings (SSSR count). The van der Waals surface area contributed by atoms with Crippen molar-refractivity contribution in [2.75, 3.05) is 32.7 Å². The minimum absolute atomic E-state index is 0.223. The summed E-state index contributed by atoms with van der Waals surface area (Å²) >= 11 is 0. The van der Waals surface area contributed by atoms with Gasteiger partial charge in [0.15, 0.2) is 0 Å². The van der Waals surface area contributed by atoms with Crippen molar-refractivity contribution in [1.29, 1.82) is 0 Å². The first kappa shape index (κ1) is 10.9. The number of hydrogen-bond donors (Lipinski definition) is 2. The van der Waals surface area contributed by atoms with Gasteiger partial charge in [-0.15, -0.1) is 0 Å². The maximum absolute atomic E-state index is 11.5. The van der Waals surface area contributed by atoms with Crippen molar-refractivity contribution >= 4 is 5.91 Å². The Labute approximate surface area is 91.4 Å². The zero-order valence-corrected chi connectivity index (χ0v) is 9.46. The second-order valence-electron chi connectivity index (χ2n) is 4.51. The highest BCUT2D eigenvalue weighted by molar-refractivity contribution is 5.79. The van der Waals surface area contributed by atoms with Crippen molar-refractivity contribution < 1.29 is 4.79 Å². The van der Waals surface area contributed by atoms with E-state index in [-0.39, 0.29) is 11.8 Å². The lowest BCUT2D eigenvalue weighted by molar-refractivity contribution is -0.126. The molecule has 2 fully saturated rings. The van der Waals surface area contributed by atoms with Gasteiger partial charge < -0.3 is 10.6 Å². The van der Waals surface area contributed by atoms with Crippen LogP contribution in [0.25, 0.3) is 0 Å². The molecule has 0 atom stereocenters. The van der Waals surface area contributed by atoms with Crippen LogP contribution in [-0.2, 0) is 4.79 Å². The van der Waals surface area contributed by atoms with E-state index in [0.717, 1.165) is 38.8 Å². The van der Waals surface area contributed by atoms with Crippen molar-refractivity contribution in [3.8, 4) is 0 Å². The van der Waals surface area contributed by atoms with E-state index in [4.69, 9.17) is 0 Å². The molecule has 0 bridgehead atoms. The molecule has 2 aliphatic rings. The van der Waals surface area contributed by atoms with Crippen molar-refractivity contribution in [3.05, 3.63) is 0 Å². The average Bonchev–Trinajstić information content (AvgIpc) is 2.92. The summed E-state index contributed by atoms with van der Waals surface area (Å²) in [7, 11) is 0. The lowest BCUT2D eigenvalue weighted by Gasteiger charge is -2.26. The van der Waals surface area contributed by atoms with E-state index in [1.165, 1.54) is 12.8 Å². The third kappa shape index (κ3) is 2.92. The van der Waals surface area contributed by atoms with Gasteiger partial charge in [0.05, 0.1) is 5.92 Å². The summed E-state index contributed by atoms with van der Waals surface area (Å²) in [6.45, 7) is 6.81. The first-order chi connectivity index (χ1) is 7.31. The van der Waals surface area contributed by atoms with Crippen molar-refractivity contribution in [1.82, 2.24) is 15.5 Å². The SMILES string of the molecule is CCN(CCNC(=O)C1CNC1)C1CC1. The Morgan fingerprint density at radius 1 is 1.47 bits per heavy atom. The van der Waals surface area contributed by atoms with Gasteiger partial charge in [-0.05, 0) is 19.4 Å². The summed E-state index contributed by atoms with van der Waals surface area (Å²) < 4.78 is 0. The summed E-state index contributed by atoms with van der Waals surface area (Å²) in [6.07, 6.45) is 2.68. The van der Waals surface area contributed by atoms with E-state index in [1.807, 2.05) is 0 Å². The highest BCUT2D eigenvalue weighted by Gasteiger charge is 2.28. The number of nitrogens with zero attached hydrogens (tertiary/aromatic N) is 1. The van der Waals surface area contributed by atoms with Gasteiger partial charge in [0.2, 0.25) is 5.91 Å². The number of nitrogens with one attached hydrogen (secondary N) is 2. The van der Waals surface area contributed by atoms with Gasteiger partial charge in [-0.1, -0.05) is 6.92 Å². The van der Waals surface area contributed by atoms with E-state index in [1.54, 1.807) is 0 Å². The van der Waals surface area contributed by atoms with Crippen molar-refractivity contribution in [3.63, 3.8) is 0 Å². The average molecular weight is 211 g/mol. The number of hydrogen-bond acceptors (Lipinski definition) is 3. The van der Waals surface area contributed by atoms with Gasteiger partial charge >= 0.3 is 0 Å². The van der Waals surface area contributed by atoms with Gasteiger partial charge in [0.1, 0.15) is 0 Å². The number of carbonyl (C=O) groups is 1.